The van der Waals surface area contributed by atoms with Crippen LogP contribution in [0.15, 0.2) is 53.9 Å². The summed E-state index contributed by atoms with van der Waals surface area (Å²) in [4.78, 5) is 16.4. The number of hydrogen-bond donors (Lipinski definition) is 0. The minimum atomic E-state index is -0.282. The summed E-state index contributed by atoms with van der Waals surface area (Å²) < 4.78 is 10.8. The number of carbonyl (C=O) groups excluding carboxylic acids is 1. The molecular weight excluding hydrogens is 405 g/mol. The lowest BCUT2D eigenvalue weighted by Crippen LogP contribution is -2.07. The predicted molar refractivity (Wildman–Crippen MR) is 109 cm³/mol. The second-order valence-electron chi connectivity index (χ2n) is 5.70. The topological polar surface area (TPSA) is 48.4 Å². The lowest BCUT2D eigenvalue weighted by atomic mass is 10.2. The van der Waals surface area contributed by atoms with Crippen molar-refractivity contribution in [2.24, 2.45) is 0 Å². The first-order chi connectivity index (χ1) is 13.1. The zero-order chi connectivity index (χ0) is 19.1. The molecule has 7 heteroatoms. The zero-order valence-electron chi connectivity index (χ0n) is 14.4. The molecule has 0 amide bonds. The van der Waals surface area contributed by atoms with Crippen molar-refractivity contribution in [1.82, 2.24) is 4.98 Å². The summed E-state index contributed by atoms with van der Waals surface area (Å²) in [5.41, 5.74) is 1.80. The molecule has 2 aromatic carbocycles. The monoisotopic (exact) mass is 421 g/mol. The third kappa shape index (κ3) is 5.96. The summed E-state index contributed by atoms with van der Waals surface area (Å²) in [5, 5.41) is 3.81. The van der Waals surface area contributed by atoms with Crippen molar-refractivity contribution in [3.8, 4) is 16.3 Å². The van der Waals surface area contributed by atoms with Crippen LogP contribution < -0.4 is 4.74 Å². The van der Waals surface area contributed by atoms with Crippen LogP contribution in [0.2, 0.25) is 10.0 Å². The van der Waals surface area contributed by atoms with Gasteiger partial charge in [-0.2, -0.15) is 0 Å². The van der Waals surface area contributed by atoms with Crippen LogP contribution in [0.1, 0.15) is 18.5 Å². The van der Waals surface area contributed by atoms with E-state index in [4.69, 9.17) is 32.7 Å². The first-order valence-electron chi connectivity index (χ1n) is 8.35. The molecule has 4 nitrogen and oxygen atoms in total. The van der Waals surface area contributed by atoms with Gasteiger partial charge in [0.2, 0.25) is 0 Å². The molecule has 0 aliphatic rings. The Morgan fingerprint density at radius 1 is 1.11 bits per heavy atom. The number of benzene rings is 2. The smallest absolute Gasteiger partial charge is 0.306 e. The third-order valence-corrected chi connectivity index (χ3v) is 5.10. The standard InChI is InChI=1S/C20H17Cl2NO3S/c21-15-8-9-18(17(22)11-15)25-10-4-7-19(24)26-12-16-13-27-20(23-16)14-5-2-1-3-6-14/h1-3,5-6,8-9,11,13H,4,7,10,12H2. The van der Waals surface area contributed by atoms with Gasteiger partial charge in [0.25, 0.3) is 0 Å². The van der Waals surface area contributed by atoms with E-state index in [-0.39, 0.29) is 19.0 Å². The lowest BCUT2D eigenvalue weighted by Gasteiger charge is -2.08. The Kier molecular flexibility index (Phi) is 7.10. The average molecular weight is 422 g/mol. The van der Waals surface area contributed by atoms with Crippen LogP contribution >= 0.6 is 34.5 Å². The van der Waals surface area contributed by atoms with E-state index in [1.165, 1.54) is 11.3 Å². The predicted octanol–water partition coefficient (Wildman–Crippen LogP) is 6.02. The fourth-order valence-corrected chi connectivity index (χ4v) is 3.58. The van der Waals surface area contributed by atoms with E-state index in [0.29, 0.717) is 28.8 Å². The number of hydrogen-bond acceptors (Lipinski definition) is 5. The zero-order valence-corrected chi connectivity index (χ0v) is 16.7. The van der Waals surface area contributed by atoms with Gasteiger partial charge in [-0.15, -0.1) is 11.3 Å². The third-order valence-electron chi connectivity index (χ3n) is 3.63. The van der Waals surface area contributed by atoms with Crippen molar-refractivity contribution in [2.45, 2.75) is 19.4 Å². The number of thiazole rings is 1. The van der Waals surface area contributed by atoms with E-state index in [1.807, 2.05) is 35.7 Å². The van der Waals surface area contributed by atoms with Crippen LogP contribution in [0.25, 0.3) is 10.6 Å². The maximum absolute atomic E-state index is 11.9. The van der Waals surface area contributed by atoms with E-state index in [1.54, 1.807) is 18.2 Å². The molecule has 0 radical (unpaired) electrons. The molecule has 0 saturated heterocycles. The summed E-state index contributed by atoms with van der Waals surface area (Å²) in [6, 6.07) is 14.9. The maximum atomic E-state index is 11.9. The van der Waals surface area contributed by atoms with E-state index in [2.05, 4.69) is 4.98 Å². The Morgan fingerprint density at radius 3 is 2.70 bits per heavy atom. The fourth-order valence-electron chi connectivity index (χ4n) is 2.30. The van der Waals surface area contributed by atoms with Crippen molar-refractivity contribution < 1.29 is 14.3 Å². The Bertz CT molecular complexity index is 899. The first-order valence-corrected chi connectivity index (χ1v) is 9.98. The molecule has 3 aromatic rings. The van der Waals surface area contributed by atoms with E-state index < -0.39 is 0 Å². The molecule has 3 rings (SSSR count). The van der Waals surface area contributed by atoms with Crippen molar-refractivity contribution >= 4 is 40.5 Å². The van der Waals surface area contributed by atoms with Crippen LogP contribution in [0.4, 0.5) is 0 Å². The molecule has 140 valence electrons. The number of carbonyl (C=O) groups is 1. The first kappa shape index (κ1) is 19.7. The van der Waals surface area contributed by atoms with Gasteiger partial charge in [-0.3, -0.25) is 4.79 Å². The van der Waals surface area contributed by atoms with Crippen LogP contribution in [0.5, 0.6) is 5.75 Å². The Balaban J connectivity index is 1.38. The molecule has 0 fully saturated rings. The number of esters is 1. The van der Waals surface area contributed by atoms with Gasteiger partial charge in [-0.05, 0) is 24.6 Å². The van der Waals surface area contributed by atoms with Gasteiger partial charge in [0.15, 0.2) is 0 Å². The summed E-state index contributed by atoms with van der Waals surface area (Å²) in [7, 11) is 0. The molecule has 1 aromatic heterocycles. The number of halogens is 2. The van der Waals surface area contributed by atoms with Crippen LogP contribution in [-0.4, -0.2) is 17.6 Å². The van der Waals surface area contributed by atoms with E-state index >= 15 is 0 Å². The molecule has 0 spiro atoms. The van der Waals surface area contributed by atoms with Crippen molar-refractivity contribution in [1.29, 1.82) is 0 Å². The number of ether oxygens (including phenoxy) is 2. The van der Waals surface area contributed by atoms with Gasteiger partial charge in [-0.25, -0.2) is 4.98 Å². The molecule has 1 heterocycles. The molecule has 27 heavy (non-hydrogen) atoms. The number of rotatable bonds is 8. The van der Waals surface area contributed by atoms with Crippen molar-refractivity contribution in [3.63, 3.8) is 0 Å². The second kappa shape index (κ2) is 9.74. The highest BCUT2D eigenvalue weighted by molar-refractivity contribution is 7.13. The summed E-state index contributed by atoms with van der Waals surface area (Å²) in [5.74, 6) is 0.264. The van der Waals surface area contributed by atoms with Crippen molar-refractivity contribution in [2.75, 3.05) is 6.61 Å². The van der Waals surface area contributed by atoms with Gasteiger partial charge in [0, 0.05) is 22.4 Å². The maximum Gasteiger partial charge on any atom is 0.306 e. The Hall–Kier alpha value is -2.08. The van der Waals surface area contributed by atoms with Crippen LogP contribution in [0.3, 0.4) is 0 Å². The average Bonchev–Trinajstić information content (AvgIpc) is 3.15. The quantitative estimate of drug-likeness (QED) is 0.329. The van der Waals surface area contributed by atoms with Crippen LogP contribution in [-0.2, 0) is 16.1 Å². The molecule has 0 unspecified atom stereocenters. The van der Waals surface area contributed by atoms with Gasteiger partial charge < -0.3 is 9.47 Å². The SMILES string of the molecule is O=C(CCCOc1ccc(Cl)cc1Cl)OCc1csc(-c2ccccc2)n1. The molecule has 0 aliphatic heterocycles. The van der Waals surface area contributed by atoms with E-state index in [0.717, 1.165) is 16.3 Å². The fraction of sp³-hybridized carbons (Fsp3) is 0.200. The number of nitrogens with zero attached hydrogens (tertiary/aromatic N) is 1. The molecule has 0 bridgehead atoms. The Morgan fingerprint density at radius 2 is 1.93 bits per heavy atom. The van der Waals surface area contributed by atoms with E-state index in [9.17, 15) is 4.79 Å². The second-order valence-corrected chi connectivity index (χ2v) is 7.40. The Labute approximate surface area is 171 Å². The minimum absolute atomic E-state index is 0.173. The minimum Gasteiger partial charge on any atom is -0.492 e. The summed E-state index contributed by atoms with van der Waals surface area (Å²) in [6.45, 7) is 0.539. The summed E-state index contributed by atoms with van der Waals surface area (Å²) in [6.07, 6.45) is 0.797. The van der Waals surface area contributed by atoms with Gasteiger partial charge >= 0.3 is 5.97 Å². The molecular formula is C20H17Cl2NO3S. The van der Waals surface area contributed by atoms with Crippen LogP contribution in [0, 0.1) is 0 Å². The highest BCUT2D eigenvalue weighted by Crippen LogP contribution is 2.27. The highest BCUT2D eigenvalue weighted by atomic mass is 35.5. The molecule has 0 saturated carbocycles. The largest absolute Gasteiger partial charge is 0.492 e. The summed E-state index contributed by atoms with van der Waals surface area (Å²) >= 11 is 13.4. The molecule has 0 atom stereocenters. The normalized spacial score (nSPS) is 10.6. The van der Waals surface area contributed by atoms with Gasteiger partial charge in [0.1, 0.15) is 17.4 Å². The van der Waals surface area contributed by atoms with Gasteiger partial charge in [0.05, 0.1) is 17.3 Å². The van der Waals surface area contributed by atoms with Crippen molar-refractivity contribution in [3.05, 3.63) is 69.7 Å². The number of aromatic nitrogens is 1. The van der Waals surface area contributed by atoms with Gasteiger partial charge in [-0.1, -0.05) is 53.5 Å². The molecule has 0 N–H and O–H groups in total. The highest BCUT2D eigenvalue weighted by Gasteiger charge is 2.08. The lowest BCUT2D eigenvalue weighted by molar-refractivity contribution is -0.145. The molecule has 0 aliphatic carbocycles.